The first kappa shape index (κ1) is 16.9. The summed E-state index contributed by atoms with van der Waals surface area (Å²) in [5, 5.41) is 0. The minimum Gasteiger partial charge on any atom is -0.274 e. The van der Waals surface area contributed by atoms with Gasteiger partial charge in [0.25, 0.3) is 0 Å². The summed E-state index contributed by atoms with van der Waals surface area (Å²) in [7, 11) is 0. The summed E-state index contributed by atoms with van der Waals surface area (Å²) in [6.45, 7) is 0. The topological polar surface area (TPSA) is 37.4 Å². The van der Waals surface area contributed by atoms with Crippen molar-refractivity contribution >= 4 is 29.1 Å². The van der Waals surface area contributed by atoms with Crippen molar-refractivity contribution in [3.8, 4) is 0 Å². The predicted molar refractivity (Wildman–Crippen MR) is 107 cm³/mol. The second-order valence-corrected chi connectivity index (χ2v) is 8.43. The lowest BCUT2D eigenvalue weighted by molar-refractivity contribution is -0.122. The fraction of sp³-hybridized carbons (Fsp3) is 0.167. The number of nitrogens with zero attached hydrogens (tertiary/aromatic N) is 1. The van der Waals surface area contributed by atoms with E-state index in [1.54, 1.807) is 6.07 Å². The van der Waals surface area contributed by atoms with Crippen molar-refractivity contribution in [1.82, 2.24) is 0 Å². The van der Waals surface area contributed by atoms with Gasteiger partial charge in [0.1, 0.15) is 10.7 Å². The highest BCUT2D eigenvalue weighted by atomic mass is 35.5. The minimum atomic E-state index is -1.15. The summed E-state index contributed by atoms with van der Waals surface area (Å²) < 4.78 is 14.5. The van der Waals surface area contributed by atoms with Gasteiger partial charge < -0.3 is 0 Å². The number of carbonyl (C=O) groups is 2. The van der Waals surface area contributed by atoms with E-state index in [1.165, 1.54) is 18.2 Å². The number of anilines is 1. The van der Waals surface area contributed by atoms with Crippen molar-refractivity contribution in [1.29, 1.82) is 0 Å². The fourth-order valence-corrected chi connectivity index (χ4v) is 6.12. The third-order valence-corrected chi connectivity index (χ3v) is 7.25. The van der Waals surface area contributed by atoms with Gasteiger partial charge >= 0.3 is 0 Å². The molecular formula is C24H15ClFNO2. The molecule has 0 saturated carbocycles. The largest absolute Gasteiger partial charge is 0.274 e. The van der Waals surface area contributed by atoms with E-state index in [4.69, 9.17) is 11.6 Å². The Labute approximate surface area is 171 Å². The molecule has 0 radical (unpaired) electrons. The molecule has 4 aliphatic rings. The van der Waals surface area contributed by atoms with E-state index in [-0.39, 0.29) is 17.5 Å². The molecule has 142 valence electrons. The van der Waals surface area contributed by atoms with E-state index in [1.807, 2.05) is 48.5 Å². The maximum atomic E-state index is 14.5. The zero-order valence-electron chi connectivity index (χ0n) is 15.2. The lowest BCUT2D eigenvalue weighted by atomic mass is 9.54. The van der Waals surface area contributed by atoms with Crippen LogP contribution in [-0.4, -0.2) is 11.8 Å². The number of alkyl halides is 1. The summed E-state index contributed by atoms with van der Waals surface area (Å²) in [5.41, 5.74) is 3.66. The second-order valence-electron chi connectivity index (χ2n) is 7.83. The van der Waals surface area contributed by atoms with E-state index >= 15 is 0 Å². The number of rotatable bonds is 1. The van der Waals surface area contributed by atoms with Crippen LogP contribution in [0.4, 0.5) is 10.1 Å². The molecule has 0 unspecified atom stereocenters. The number of hydrogen-bond acceptors (Lipinski definition) is 2. The van der Waals surface area contributed by atoms with Crippen LogP contribution in [0.5, 0.6) is 0 Å². The number of benzene rings is 3. The summed E-state index contributed by atoms with van der Waals surface area (Å²) in [5.74, 6) is -3.12. The number of amides is 2. The highest BCUT2D eigenvalue weighted by Gasteiger charge is 2.68. The normalized spacial score (nSPS) is 28.9. The number of hydrogen-bond donors (Lipinski definition) is 0. The van der Waals surface area contributed by atoms with Gasteiger partial charge in [0, 0.05) is 5.92 Å². The summed E-state index contributed by atoms with van der Waals surface area (Å²) >= 11 is 7.32. The van der Waals surface area contributed by atoms with Crippen LogP contribution >= 0.6 is 11.6 Å². The van der Waals surface area contributed by atoms with Gasteiger partial charge in [0.05, 0.1) is 17.5 Å². The zero-order chi connectivity index (χ0) is 19.9. The van der Waals surface area contributed by atoms with Gasteiger partial charge in [-0.05, 0) is 34.4 Å². The molecule has 3 nitrogen and oxygen atoms in total. The lowest BCUT2D eigenvalue weighted by Gasteiger charge is -2.50. The average molecular weight is 404 g/mol. The molecule has 1 heterocycles. The Kier molecular flexibility index (Phi) is 3.24. The smallest absolute Gasteiger partial charge is 0.240 e. The van der Waals surface area contributed by atoms with Crippen molar-refractivity contribution in [3.63, 3.8) is 0 Å². The van der Waals surface area contributed by atoms with Crippen molar-refractivity contribution in [2.24, 2.45) is 11.8 Å². The van der Waals surface area contributed by atoms with Crippen LogP contribution < -0.4 is 4.90 Å². The van der Waals surface area contributed by atoms with Gasteiger partial charge in [-0.1, -0.05) is 60.7 Å². The van der Waals surface area contributed by atoms with Gasteiger partial charge in [-0.25, -0.2) is 9.29 Å². The average Bonchev–Trinajstić information content (AvgIpc) is 3.01. The predicted octanol–water partition coefficient (Wildman–Crippen LogP) is 4.57. The van der Waals surface area contributed by atoms with E-state index < -0.39 is 28.4 Å². The summed E-state index contributed by atoms with van der Waals surface area (Å²) in [6, 6.07) is 21.4. The zero-order valence-corrected chi connectivity index (χ0v) is 15.9. The molecule has 3 aliphatic carbocycles. The van der Waals surface area contributed by atoms with Crippen LogP contribution in [0.3, 0.4) is 0 Å². The van der Waals surface area contributed by atoms with Crippen LogP contribution in [-0.2, 0) is 14.5 Å². The first-order chi connectivity index (χ1) is 14.0. The van der Waals surface area contributed by atoms with Gasteiger partial charge in [0.15, 0.2) is 0 Å². The maximum absolute atomic E-state index is 14.5. The summed E-state index contributed by atoms with van der Waals surface area (Å²) in [4.78, 5) is 27.0. The van der Waals surface area contributed by atoms with Crippen molar-refractivity contribution in [3.05, 3.63) is 101 Å². The molecule has 0 N–H and O–H groups in total. The number of para-hydroxylation sites is 1. The molecule has 2 amide bonds. The van der Waals surface area contributed by atoms with Crippen LogP contribution in [0, 0.1) is 17.7 Å². The fourth-order valence-electron chi connectivity index (χ4n) is 5.55. The molecule has 0 spiro atoms. The van der Waals surface area contributed by atoms with E-state index in [2.05, 4.69) is 0 Å². The Morgan fingerprint density at radius 1 is 0.793 bits per heavy atom. The molecule has 5 heteroatoms. The Hall–Kier alpha value is -2.98. The Morgan fingerprint density at radius 3 is 1.97 bits per heavy atom. The highest BCUT2D eigenvalue weighted by molar-refractivity contribution is 6.33. The molecule has 0 aromatic heterocycles. The molecule has 2 bridgehead atoms. The van der Waals surface area contributed by atoms with E-state index in [0.717, 1.165) is 27.2 Å². The molecule has 3 aromatic rings. The minimum absolute atomic E-state index is 0.00956. The Morgan fingerprint density at radius 2 is 1.34 bits per heavy atom. The SMILES string of the molecule is O=C1[C@@H]2C3c4ccccc4C(Cl)(c4ccccc43)[C@@H]2C(=O)N1c1ccccc1F. The van der Waals surface area contributed by atoms with Crippen LogP contribution in [0.25, 0.3) is 0 Å². The quantitative estimate of drug-likeness (QED) is 0.441. The Balaban J connectivity index is 1.64. The molecule has 7 rings (SSSR count). The molecule has 2 atom stereocenters. The first-order valence-corrected chi connectivity index (χ1v) is 9.93. The van der Waals surface area contributed by atoms with Crippen LogP contribution in [0.15, 0.2) is 72.8 Å². The maximum Gasteiger partial charge on any atom is 0.240 e. The van der Waals surface area contributed by atoms with Crippen molar-refractivity contribution < 1.29 is 14.0 Å². The molecule has 1 aliphatic heterocycles. The lowest BCUT2D eigenvalue weighted by Crippen LogP contribution is -2.50. The van der Waals surface area contributed by atoms with Gasteiger partial charge in [-0.3, -0.25) is 9.59 Å². The van der Waals surface area contributed by atoms with Gasteiger partial charge in [0.2, 0.25) is 11.8 Å². The third kappa shape index (κ3) is 1.88. The molecular weight excluding hydrogens is 389 g/mol. The molecule has 29 heavy (non-hydrogen) atoms. The van der Waals surface area contributed by atoms with E-state index in [0.29, 0.717) is 0 Å². The highest BCUT2D eigenvalue weighted by Crippen LogP contribution is 2.65. The van der Waals surface area contributed by atoms with Crippen molar-refractivity contribution in [2.75, 3.05) is 4.90 Å². The summed E-state index contributed by atoms with van der Waals surface area (Å²) in [6.07, 6.45) is 0. The van der Waals surface area contributed by atoms with Crippen LogP contribution in [0.2, 0.25) is 0 Å². The van der Waals surface area contributed by atoms with E-state index in [9.17, 15) is 14.0 Å². The third-order valence-electron chi connectivity index (χ3n) is 6.61. The Bertz CT molecular complexity index is 1180. The number of halogens is 2. The van der Waals surface area contributed by atoms with Gasteiger partial charge in [-0.2, -0.15) is 0 Å². The standard InChI is InChI=1S/C24H15ClFNO2/c25-24-15-9-3-1-7-13(15)19(14-8-2-4-10-16(14)24)20-21(24)23(29)27(22(20)28)18-12-6-5-11-17(18)26/h1-12,19-21H/t19?,20-,21+,24?/m1/s1. The monoisotopic (exact) mass is 403 g/mol. The number of carbonyl (C=O) groups excluding carboxylic acids is 2. The van der Waals surface area contributed by atoms with Crippen molar-refractivity contribution in [2.45, 2.75) is 10.8 Å². The molecule has 1 saturated heterocycles. The number of imide groups is 1. The molecule has 3 aromatic carbocycles. The second kappa shape index (κ2) is 5.55. The van der Waals surface area contributed by atoms with Crippen LogP contribution in [0.1, 0.15) is 28.2 Å². The first-order valence-electron chi connectivity index (χ1n) is 9.55. The van der Waals surface area contributed by atoms with Gasteiger partial charge in [-0.15, -0.1) is 11.6 Å². The molecule has 1 fully saturated rings.